The first-order chi connectivity index (χ1) is 8.59. The van der Waals surface area contributed by atoms with Crippen LogP contribution in [0.5, 0.6) is 0 Å². The Morgan fingerprint density at radius 1 is 0.944 bits per heavy atom. The summed E-state index contributed by atoms with van der Waals surface area (Å²) in [6.07, 6.45) is 9.52. The highest BCUT2D eigenvalue weighted by molar-refractivity contribution is 5.81. The number of Topliss-reactive ketones (excluding diaryl/α,β-unsaturated/α-hetero) is 2. The molecule has 2 fully saturated rings. The minimum absolute atomic E-state index is 0.332. The normalized spacial score (nSPS) is 24.7. The Balaban J connectivity index is 0.000000199. The molecule has 2 aliphatic carbocycles. The molecular weight excluding hydrogens is 226 g/mol. The summed E-state index contributed by atoms with van der Waals surface area (Å²) in [4.78, 5) is 23.9. The van der Waals surface area contributed by atoms with Crippen LogP contribution < -0.4 is 0 Å². The molecule has 2 rings (SSSR count). The highest BCUT2D eigenvalue weighted by Crippen LogP contribution is 2.20. The first-order valence-corrected chi connectivity index (χ1v) is 7.28. The molecule has 0 aromatic heterocycles. The first-order valence-electron chi connectivity index (χ1n) is 7.28. The predicted molar refractivity (Wildman–Crippen MR) is 73.6 cm³/mol. The highest BCUT2D eigenvalue weighted by atomic mass is 16.1. The number of carbonyl (C=O) groups is 2. The van der Waals surface area contributed by atoms with Gasteiger partial charge in [0.25, 0.3) is 0 Å². The summed E-state index contributed by atoms with van der Waals surface area (Å²) >= 11 is 0. The third kappa shape index (κ3) is 6.29. The molecule has 3 nitrogen and oxygen atoms in total. The van der Waals surface area contributed by atoms with Crippen molar-refractivity contribution in [1.82, 2.24) is 4.90 Å². The Hall–Kier alpha value is -0.700. The number of hydrogen-bond donors (Lipinski definition) is 0. The van der Waals surface area contributed by atoms with Crippen molar-refractivity contribution < 1.29 is 9.59 Å². The molecule has 0 amide bonds. The maximum atomic E-state index is 11.3. The second kappa shape index (κ2) is 8.41. The molecule has 0 bridgehead atoms. The highest BCUT2D eigenvalue weighted by Gasteiger charge is 2.21. The molecule has 18 heavy (non-hydrogen) atoms. The SMILES string of the molecule is CN(C)CC1CCCCC1=O.O=C1CCCCC1. The van der Waals surface area contributed by atoms with Gasteiger partial charge in [-0.25, -0.2) is 0 Å². The molecule has 1 atom stereocenters. The Morgan fingerprint density at radius 2 is 1.56 bits per heavy atom. The van der Waals surface area contributed by atoms with Crippen molar-refractivity contribution in [2.45, 2.75) is 57.8 Å². The maximum Gasteiger partial charge on any atom is 0.137 e. The second-order valence-corrected chi connectivity index (χ2v) is 5.77. The van der Waals surface area contributed by atoms with Crippen LogP contribution in [-0.2, 0) is 9.59 Å². The minimum atomic E-state index is 0.332. The third-order valence-corrected chi connectivity index (χ3v) is 3.68. The quantitative estimate of drug-likeness (QED) is 0.759. The minimum Gasteiger partial charge on any atom is -0.309 e. The summed E-state index contributed by atoms with van der Waals surface area (Å²) in [5.74, 6) is 1.27. The van der Waals surface area contributed by atoms with Crippen LogP contribution in [0.4, 0.5) is 0 Å². The summed E-state index contributed by atoms with van der Waals surface area (Å²) in [7, 11) is 4.06. The van der Waals surface area contributed by atoms with E-state index < -0.39 is 0 Å². The largest absolute Gasteiger partial charge is 0.309 e. The van der Waals surface area contributed by atoms with Gasteiger partial charge >= 0.3 is 0 Å². The van der Waals surface area contributed by atoms with E-state index in [1.165, 1.54) is 12.8 Å². The first kappa shape index (κ1) is 15.4. The average molecular weight is 253 g/mol. The van der Waals surface area contributed by atoms with Crippen molar-refractivity contribution >= 4 is 11.6 Å². The van der Waals surface area contributed by atoms with E-state index in [4.69, 9.17) is 0 Å². The van der Waals surface area contributed by atoms with Crippen LogP contribution >= 0.6 is 0 Å². The van der Waals surface area contributed by atoms with E-state index in [-0.39, 0.29) is 0 Å². The van der Waals surface area contributed by atoms with E-state index in [2.05, 4.69) is 4.90 Å². The lowest BCUT2D eigenvalue weighted by atomic mass is 9.88. The molecule has 2 aliphatic rings. The Bertz CT molecular complexity index is 266. The van der Waals surface area contributed by atoms with Crippen molar-refractivity contribution in [1.29, 1.82) is 0 Å². The topological polar surface area (TPSA) is 37.4 Å². The number of hydrogen-bond acceptors (Lipinski definition) is 3. The number of carbonyl (C=O) groups excluding carboxylic acids is 2. The van der Waals surface area contributed by atoms with Gasteiger partial charge in [0.15, 0.2) is 0 Å². The zero-order valence-corrected chi connectivity index (χ0v) is 11.9. The number of ketones is 2. The fourth-order valence-electron chi connectivity index (χ4n) is 2.64. The lowest BCUT2D eigenvalue weighted by molar-refractivity contribution is -0.125. The third-order valence-electron chi connectivity index (χ3n) is 3.68. The number of rotatable bonds is 2. The lowest BCUT2D eigenvalue weighted by Gasteiger charge is -2.23. The molecule has 0 aromatic rings. The van der Waals surface area contributed by atoms with E-state index in [9.17, 15) is 9.59 Å². The zero-order valence-electron chi connectivity index (χ0n) is 11.9. The molecule has 0 aromatic carbocycles. The summed E-state index contributed by atoms with van der Waals surface area (Å²) in [5.41, 5.74) is 0. The average Bonchev–Trinajstić information content (AvgIpc) is 2.33. The van der Waals surface area contributed by atoms with Crippen molar-refractivity contribution in [3.63, 3.8) is 0 Å². The Morgan fingerprint density at radius 3 is 2.00 bits per heavy atom. The lowest BCUT2D eigenvalue weighted by Crippen LogP contribution is -2.29. The Labute approximate surface area is 111 Å². The monoisotopic (exact) mass is 253 g/mol. The van der Waals surface area contributed by atoms with Gasteiger partial charge in [0, 0.05) is 31.7 Å². The van der Waals surface area contributed by atoms with E-state index in [0.717, 1.165) is 51.5 Å². The summed E-state index contributed by atoms with van der Waals surface area (Å²) in [5, 5.41) is 0. The fraction of sp³-hybridized carbons (Fsp3) is 0.867. The second-order valence-electron chi connectivity index (χ2n) is 5.77. The van der Waals surface area contributed by atoms with Gasteiger partial charge < -0.3 is 4.90 Å². The number of nitrogens with zero attached hydrogens (tertiary/aromatic N) is 1. The molecule has 0 radical (unpaired) electrons. The van der Waals surface area contributed by atoms with Gasteiger partial charge in [-0.05, 0) is 39.8 Å². The molecule has 3 heteroatoms. The van der Waals surface area contributed by atoms with E-state index in [1.807, 2.05) is 14.1 Å². The standard InChI is InChI=1S/C9H17NO.C6H10O/c1-10(2)7-8-5-3-4-6-9(8)11;7-6-4-2-1-3-5-6/h8H,3-7H2,1-2H3;1-5H2. The molecule has 104 valence electrons. The van der Waals surface area contributed by atoms with Crippen molar-refractivity contribution in [2.75, 3.05) is 20.6 Å². The van der Waals surface area contributed by atoms with Crippen molar-refractivity contribution in [3.05, 3.63) is 0 Å². The van der Waals surface area contributed by atoms with Gasteiger partial charge in [-0.3, -0.25) is 9.59 Å². The molecule has 0 aliphatic heterocycles. The molecule has 0 saturated heterocycles. The van der Waals surface area contributed by atoms with Crippen LogP contribution in [0.2, 0.25) is 0 Å². The van der Waals surface area contributed by atoms with Crippen LogP contribution in [0.1, 0.15) is 57.8 Å². The van der Waals surface area contributed by atoms with E-state index >= 15 is 0 Å². The smallest absolute Gasteiger partial charge is 0.137 e. The Kier molecular flexibility index (Phi) is 7.18. The molecule has 0 spiro atoms. The summed E-state index contributed by atoms with van der Waals surface area (Å²) in [6, 6.07) is 0. The van der Waals surface area contributed by atoms with Gasteiger partial charge in [0.2, 0.25) is 0 Å². The van der Waals surface area contributed by atoms with Gasteiger partial charge in [0.05, 0.1) is 0 Å². The van der Waals surface area contributed by atoms with Crippen molar-refractivity contribution in [3.8, 4) is 0 Å². The van der Waals surface area contributed by atoms with Gasteiger partial charge in [-0.2, -0.15) is 0 Å². The zero-order chi connectivity index (χ0) is 13.4. The van der Waals surface area contributed by atoms with Crippen LogP contribution in [0.3, 0.4) is 0 Å². The molecule has 2 saturated carbocycles. The molecule has 0 N–H and O–H groups in total. The van der Waals surface area contributed by atoms with E-state index in [1.54, 1.807) is 0 Å². The summed E-state index contributed by atoms with van der Waals surface area (Å²) in [6.45, 7) is 0.943. The van der Waals surface area contributed by atoms with Crippen LogP contribution in [0, 0.1) is 5.92 Å². The molecular formula is C15H27NO2. The molecule has 0 heterocycles. The molecule has 1 unspecified atom stereocenters. The van der Waals surface area contributed by atoms with Crippen LogP contribution in [0.15, 0.2) is 0 Å². The maximum absolute atomic E-state index is 11.3. The van der Waals surface area contributed by atoms with E-state index in [0.29, 0.717) is 17.5 Å². The van der Waals surface area contributed by atoms with Gasteiger partial charge in [-0.15, -0.1) is 0 Å². The van der Waals surface area contributed by atoms with Crippen LogP contribution in [-0.4, -0.2) is 37.1 Å². The van der Waals surface area contributed by atoms with Gasteiger partial charge in [0.1, 0.15) is 11.6 Å². The van der Waals surface area contributed by atoms with Crippen LogP contribution in [0.25, 0.3) is 0 Å². The predicted octanol–water partition coefficient (Wildman–Crippen LogP) is 2.83. The van der Waals surface area contributed by atoms with Crippen molar-refractivity contribution in [2.24, 2.45) is 5.92 Å². The fourth-order valence-corrected chi connectivity index (χ4v) is 2.64. The van der Waals surface area contributed by atoms with Gasteiger partial charge in [-0.1, -0.05) is 12.8 Å². The summed E-state index contributed by atoms with van der Waals surface area (Å²) < 4.78 is 0.